The zero-order valence-electron chi connectivity index (χ0n) is 17.4. The van der Waals surface area contributed by atoms with Gasteiger partial charge < -0.3 is 9.64 Å². The van der Waals surface area contributed by atoms with Crippen molar-refractivity contribution >= 4 is 17.4 Å². The highest BCUT2D eigenvalue weighted by molar-refractivity contribution is 6.02. The summed E-state index contributed by atoms with van der Waals surface area (Å²) in [5.74, 6) is 1.15. The van der Waals surface area contributed by atoms with Crippen LogP contribution in [-0.2, 0) is 17.6 Å². The van der Waals surface area contributed by atoms with E-state index in [0.717, 1.165) is 54.8 Å². The number of rotatable bonds is 5. The number of hydrogen-bond acceptors (Lipinski definition) is 3. The summed E-state index contributed by atoms with van der Waals surface area (Å²) in [7, 11) is 0. The van der Waals surface area contributed by atoms with Crippen molar-refractivity contribution in [1.82, 2.24) is 0 Å². The molecular formula is C25H29NO3. The van der Waals surface area contributed by atoms with Crippen molar-refractivity contribution in [2.24, 2.45) is 5.41 Å². The molecule has 0 aromatic heterocycles. The molecule has 2 aromatic carbocycles. The molecular weight excluding hydrogens is 362 g/mol. The van der Waals surface area contributed by atoms with Crippen LogP contribution in [0, 0.1) is 5.41 Å². The largest absolute Gasteiger partial charge is 0.493 e. The number of ketones is 1. The van der Waals surface area contributed by atoms with E-state index in [0.29, 0.717) is 19.4 Å². The minimum absolute atomic E-state index is 0.160. The number of benzene rings is 2. The van der Waals surface area contributed by atoms with Gasteiger partial charge in [-0.15, -0.1) is 0 Å². The van der Waals surface area contributed by atoms with Crippen LogP contribution in [0.2, 0.25) is 0 Å². The van der Waals surface area contributed by atoms with Crippen LogP contribution in [0.1, 0.15) is 61.0 Å². The minimum atomic E-state index is -0.303. The molecule has 0 fully saturated rings. The zero-order chi connectivity index (χ0) is 20.4. The molecule has 4 heteroatoms. The van der Waals surface area contributed by atoms with Gasteiger partial charge >= 0.3 is 0 Å². The predicted octanol–water partition coefficient (Wildman–Crippen LogP) is 4.98. The molecule has 1 aliphatic heterocycles. The van der Waals surface area contributed by atoms with Crippen molar-refractivity contribution in [2.45, 2.75) is 52.4 Å². The van der Waals surface area contributed by atoms with E-state index in [2.05, 4.69) is 6.07 Å². The third-order valence-corrected chi connectivity index (χ3v) is 6.20. The molecule has 0 radical (unpaired) electrons. The van der Waals surface area contributed by atoms with E-state index in [1.54, 1.807) is 0 Å². The lowest BCUT2D eigenvalue weighted by Crippen LogP contribution is -2.35. The van der Waals surface area contributed by atoms with E-state index >= 15 is 0 Å². The highest BCUT2D eigenvalue weighted by Crippen LogP contribution is 2.38. The van der Waals surface area contributed by atoms with E-state index in [1.807, 2.05) is 55.1 Å². The van der Waals surface area contributed by atoms with Crippen molar-refractivity contribution in [3.63, 3.8) is 0 Å². The van der Waals surface area contributed by atoms with Crippen LogP contribution in [0.5, 0.6) is 5.75 Å². The van der Waals surface area contributed by atoms with Crippen LogP contribution in [-0.4, -0.2) is 24.8 Å². The molecule has 0 bridgehead atoms. The number of ether oxygens (including phenoxy) is 1. The number of hydrogen-bond donors (Lipinski definition) is 0. The molecule has 0 unspecified atom stereocenters. The predicted molar refractivity (Wildman–Crippen MR) is 115 cm³/mol. The number of Topliss-reactive ketones (excluding diaryl/α,β-unsaturated/α-hetero) is 1. The van der Waals surface area contributed by atoms with E-state index < -0.39 is 0 Å². The summed E-state index contributed by atoms with van der Waals surface area (Å²) in [6, 6.07) is 13.9. The Morgan fingerprint density at radius 3 is 2.79 bits per heavy atom. The molecule has 0 saturated carbocycles. The van der Waals surface area contributed by atoms with Crippen LogP contribution in [0.25, 0.3) is 0 Å². The van der Waals surface area contributed by atoms with Crippen LogP contribution in [0.4, 0.5) is 5.69 Å². The summed E-state index contributed by atoms with van der Waals surface area (Å²) in [4.78, 5) is 27.3. The molecule has 2 aliphatic rings. The first-order chi connectivity index (χ1) is 14.0. The van der Waals surface area contributed by atoms with Crippen LogP contribution in [0.3, 0.4) is 0 Å². The average molecular weight is 392 g/mol. The second-order valence-corrected chi connectivity index (χ2v) is 8.72. The molecule has 152 valence electrons. The van der Waals surface area contributed by atoms with Crippen molar-refractivity contribution < 1.29 is 14.3 Å². The topological polar surface area (TPSA) is 46.6 Å². The van der Waals surface area contributed by atoms with Crippen molar-refractivity contribution in [3.8, 4) is 5.75 Å². The fourth-order valence-corrected chi connectivity index (χ4v) is 4.42. The quantitative estimate of drug-likeness (QED) is 0.675. The fourth-order valence-electron chi connectivity index (χ4n) is 4.42. The standard InChI is InChI=1S/C25H29NO3/c1-25(2)15-14-19-20(24(25)28)10-5-12-22(19)29-17-7-13-23(27)26-16-6-9-18-8-3-4-11-21(18)26/h3-5,8,10-12H,6-7,9,13-17H2,1-2H3. The van der Waals surface area contributed by atoms with Gasteiger partial charge in [-0.3, -0.25) is 9.59 Å². The third-order valence-electron chi connectivity index (χ3n) is 6.20. The van der Waals surface area contributed by atoms with Gasteiger partial charge in [0.1, 0.15) is 5.75 Å². The van der Waals surface area contributed by atoms with Crippen LogP contribution >= 0.6 is 0 Å². The summed E-state index contributed by atoms with van der Waals surface area (Å²) in [5, 5.41) is 0. The Hall–Kier alpha value is -2.62. The molecule has 0 atom stereocenters. The number of amides is 1. The second kappa shape index (κ2) is 8.02. The Morgan fingerprint density at radius 1 is 1.10 bits per heavy atom. The lowest BCUT2D eigenvalue weighted by molar-refractivity contribution is -0.118. The maximum atomic E-state index is 12.7. The fraction of sp³-hybridized carbons (Fsp3) is 0.440. The van der Waals surface area contributed by atoms with Gasteiger partial charge in [-0.2, -0.15) is 0 Å². The van der Waals surface area contributed by atoms with Crippen LogP contribution in [0.15, 0.2) is 42.5 Å². The van der Waals surface area contributed by atoms with E-state index in [4.69, 9.17) is 4.74 Å². The Kier molecular flexibility index (Phi) is 5.44. The number of aryl methyl sites for hydroxylation is 1. The molecule has 2 aromatic rings. The first-order valence-corrected chi connectivity index (χ1v) is 10.7. The van der Waals surface area contributed by atoms with Gasteiger partial charge in [0.25, 0.3) is 0 Å². The van der Waals surface area contributed by atoms with E-state index in [-0.39, 0.29) is 17.1 Å². The summed E-state index contributed by atoms with van der Waals surface area (Å²) < 4.78 is 6.01. The maximum absolute atomic E-state index is 12.7. The normalized spacial score (nSPS) is 17.4. The molecule has 1 amide bonds. The molecule has 29 heavy (non-hydrogen) atoms. The SMILES string of the molecule is CC1(C)CCc2c(OCCCC(=O)N3CCCc4ccccc43)cccc2C1=O. The van der Waals surface area contributed by atoms with Gasteiger partial charge in [0, 0.05) is 35.2 Å². The third kappa shape index (κ3) is 3.93. The molecule has 1 aliphatic carbocycles. The van der Waals surface area contributed by atoms with E-state index in [1.165, 1.54) is 5.56 Å². The Balaban J connectivity index is 1.35. The first kappa shape index (κ1) is 19.7. The lowest BCUT2D eigenvalue weighted by Gasteiger charge is -2.30. The number of fused-ring (bicyclic) bond motifs is 2. The lowest BCUT2D eigenvalue weighted by atomic mass is 9.73. The van der Waals surface area contributed by atoms with Gasteiger partial charge in [-0.05, 0) is 49.8 Å². The molecule has 4 rings (SSSR count). The highest BCUT2D eigenvalue weighted by atomic mass is 16.5. The molecule has 4 nitrogen and oxygen atoms in total. The smallest absolute Gasteiger partial charge is 0.227 e. The summed E-state index contributed by atoms with van der Waals surface area (Å²) in [5.41, 5.74) is 3.82. The molecule has 0 spiro atoms. The zero-order valence-corrected chi connectivity index (χ0v) is 17.4. The number of carbonyl (C=O) groups excluding carboxylic acids is 2. The van der Waals surface area contributed by atoms with Gasteiger partial charge in [0.2, 0.25) is 5.91 Å². The van der Waals surface area contributed by atoms with Gasteiger partial charge in [0.05, 0.1) is 6.61 Å². The van der Waals surface area contributed by atoms with Crippen molar-refractivity contribution in [3.05, 3.63) is 59.2 Å². The molecule has 0 N–H and O–H groups in total. The second-order valence-electron chi connectivity index (χ2n) is 8.72. The number of para-hydroxylation sites is 1. The molecule has 0 saturated heterocycles. The number of carbonyl (C=O) groups is 2. The number of anilines is 1. The summed E-state index contributed by atoms with van der Waals surface area (Å²) in [6.07, 6.45) is 4.88. The highest BCUT2D eigenvalue weighted by Gasteiger charge is 2.35. The monoisotopic (exact) mass is 391 g/mol. The van der Waals surface area contributed by atoms with Crippen molar-refractivity contribution in [1.29, 1.82) is 0 Å². The average Bonchev–Trinajstić information content (AvgIpc) is 2.73. The van der Waals surface area contributed by atoms with Gasteiger partial charge in [0.15, 0.2) is 5.78 Å². The Bertz CT molecular complexity index is 931. The Morgan fingerprint density at radius 2 is 1.93 bits per heavy atom. The number of nitrogens with zero attached hydrogens (tertiary/aromatic N) is 1. The summed E-state index contributed by atoms with van der Waals surface area (Å²) in [6.45, 7) is 5.29. The summed E-state index contributed by atoms with van der Waals surface area (Å²) >= 11 is 0. The first-order valence-electron chi connectivity index (χ1n) is 10.7. The van der Waals surface area contributed by atoms with Crippen LogP contribution < -0.4 is 9.64 Å². The maximum Gasteiger partial charge on any atom is 0.227 e. The van der Waals surface area contributed by atoms with Crippen molar-refractivity contribution in [2.75, 3.05) is 18.1 Å². The molecule has 1 heterocycles. The van der Waals surface area contributed by atoms with Gasteiger partial charge in [-0.1, -0.05) is 44.2 Å². The van der Waals surface area contributed by atoms with Gasteiger partial charge in [-0.25, -0.2) is 0 Å². The minimum Gasteiger partial charge on any atom is -0.493 e. The Labute approximate surface area is 172 Å². The van der Waals surface area contributed by atoms with E-state index in [9.17, 15) is 9.59 Å².